The van der Waals surface area contributed by atoms with Gasteiger partial charge >= 0.3 is 0 Å². The van der Waals surface area contributed by atoms with Gasteiger partial charge in [0.15, 0.2) is 0 Å². The molecule has 0 aliphatic rings. The summed E-state index contributed by atoms with van der Waals surface area (Å²) in [4.78, 5) is 29.7. The molecular formula is C23H20ClN5O2S. The van der Waals surface area contributed by atoms with Gasteiger partial charge in [-0.25, -0.2) is 9.67 Å². The van der Waals surface area contributed by atoms with Crippen LogP contribution in [0.2, 0.25) is 5.02 Å². The standard InChI is InChI=1S/C23H20ClN5O2S/c1-15-9-20(28-22(30)18-7-2-3-8-19(18)24)32-21(15)23(31)26-11-16-5-4-6-17(10-16)12-29-14-25-13-27-29/h2-10,13-14H,11-12H2,1H3,(H,26,31)(H,28,30). The van der Waals surface area contributed by atoms with Crippen molar-refractivity contribution in [3.05, 3.63) is 99.4 Å². The van der Waals surface area contributed by atoms with E-state index in [1.807, 2.05) is 31.2 Å². The lowest BCUT2D eigenvalue weighted by atomic mass is 10.1. The second kappa shape index (κ2) is 9.76. The van der Waals surface area contributed by atoms with Crippen molar-refractivity contribution in [1.82, 2.24) is 20.1 Å². The molecule has 2 N–H and O–H groups in total. The Morgan fingerprint density at radius 2 is 1.88 bits per heavy atom. The number of nitrogens with zero attached hydrogens (tertiary/aromatic N) is 3. The smallest absolute Gasteiger partial charge is 0.261 e. The Balaban J connectivity index is 1.38. The molecule has 2 heterocycles. The van der Waals surface area contributed by atoms with Crippen molar-refractivity contribution in [3.63, 3.8) is 0 Å². The van der Waals surface area contributed by atoms with E-state index in [0.29, 0.717) is 33.6 Å². The topological polar surface area (TPSA) is 88.9 Å². The summed E-state index contributed by atoms with van der Waals surface area (Å²) >= 11 is 7.32. The van der Waals surface area contributed by atoms with E-state index in [2.05, 4.69) is 20.7 Å². The highest BCUT2D eigenvalue weighted by atomic mass is 35.5. The highest BCUT2D eigenvalue weighted by molar-refractivity contribution is 7.18. The summed E-state index contributed by atoms with van der Waals surface area (Å²) in [6, 6.07) is 16.6. The fourth-order valence-corrected chi connectivity index (χ4v) is 4.40. The highest BCUT2D eigenvalue weighted by Gasteiger charge is 2.16. The minimum absolute atomic E-state index is 0.188. The maximum atomic E-state index is 12.7. The zero-order valence-electron chi connectivity index (χ0n) is 17.2. The number of carbonyl (C=O) groups excluding carboxylic acids is 2. The molecule has 2 aromatic heterocycles. The van der Waals surface area contributed by atoms with E-state index in [1.54, 1.807) is 41.3 Å². The van der Waals surface area contributed by atoms with Crippen LogP contribution < -0.4 is 10.6 Å². The van der Waals surface area contributed by atoms with Crippen molar-refractivity contribution in [2.45, 2.75) is 20.0 Å². The molecule has 2 aromatic carbocycles. The number of rotatable bonds is 7. The van der Waals surface area contributed by atoms with Crippen molar-refractivity contribution in [3.8, 4) is 0 Å². The summed E-state index contributed by atoms with van der Waals surface area (Å²) in [6.45, 7) is 2.85. The fraction of sp³-hybridized carbons (Fsp3) is 0.130. The van der Waals surface area contributed by atoms with Gasteiger partial charge in [-0.1, -0.05) is 48.0 Å². The van der Waals surface area contributed by atoms with E-state index in [4.69, 9.17) is 11.6 Å². The Morgan fingerprint density at radius 3 is 2.66 bits per heavy atom. The lowest BCUT2D eigenvalue weighted by Gasteiger charge is -2.07. The molecule has 0 radical (unpaired) electrons. The van der Waals surface area contributed by atoms with Crippen molar-refractivity contribution in [2.24, 2.45) is 0 Å². The molecule has 9 heteroatoms. The highest BCUT2D eigenvalue weighted by Crippen LogP contribution is 2.28. The second-order valence-electron chi connectivity index (χ2n) is 7.15. The first-order valence-electron chi connectivity index (χ1n) is 9.84. The van der Waals surface area contributed by atoms with E-state index >= 15 is 0 Å². The van der Waals surface area contributed by atoms with Gasteiger partial charge in [-0.05, 0) is 41.8 Å². The van der Waals surface area contributed by atoms with E-state index in [-0.39, 0.29) is 11.8 Å². The van der Waals surface area contributed by atoms with Crippen LogP contribution in [0.5, 0.6) is 0 Å². The Labute approximate surface area is 194 Å². The number of thiophene rings is 1. The molecule has 4 aromatic rings. The molecule has 0 fully saturated rings. The number of aromatic nitrogens is 3. The van der Waals surface area contributed by atoms with Crippen LogP contribution in [0.3, 0.4) is 0 Å². The van der Waals surface area contributed by atoms with E-state index in [1.165, 1.54) is 17.7 Å². The predicted molar refractivity (Wildman–Crippen MR) is 125 cm³/mol. The van der Waals surface area contributed by atoms with Gasteiger partial charge in [0.1, 0.15) is 12.7 Å². The van der Waals surface area contributed by atoms with Crippen molar-refractivity contribution in [1.29, 1.82) is 0 Å². The average Bonchev–Trinajstić information content (AvgIpc) is 3.42. The molecule has 162 valence electrons. The number of anilines is 1. The number of halogens is 1. The molecule has 0 saturated carbocycles. The Morgan fingerprint density at radius 1 is 1.06 bits per heavy atom. The molecule has 4 rings (SSSR count). The molecular weight excluding hydrogens is 446 g/mol. The van der Waals surface area contributed by atoms with E-state index in [0.717, 1.165) is 16.7 Å². The third-order valence-corrected chi connectivity index (χ3v) is 6.22. The van der Waals surface area contributed by atoms with Crippen LogP contribution in [0.4, 0.5) is 5.00 Å². The van der Waals surface area contributed by atoms with Crippen molar-refractivity contribution in [2.75, 3.05) is 5.32 Å². The molecule has 0 spiro atoms. The molecule has 0 bridgehead atoms. The molecule has 0 aliphatic carbocycles. The summed E-state index contributed by atoms with van der Waals surface area (Å²) in [5, 5.41) is 10.9. The number of hydrogen-bond acceptors (Lipinski definition) is 5. The monoisotopic (exact) mass is 465 g/mol. The number of hydrogen-bond donors (Lipinski definition) is 2. The van der Waals surface area contributed by atoms with E-state index < -0.39 is 0 Å². The Kier molecular flexibility index (Phi) is 6.63. The van der Waals surface area contributed by atoms with Crippen molar-refractivity contribution < 1.29 is 9.59 Å². The van der Waals surface area contributed by atoms with Gasteiger partial charge < -0.3 is 10.6 Å². The van der Waals surface area contributed by atoms with Gasteiger partial charge in [-0.15, -0.1) is 11.3 Å². The van der Waals surface area contributed by atoms with Crippen LogP contribution in [-0.2, 0) is 13.1 Å². The molecule has 0 aliphatic heterocycles. The average molecular weight is 466 g/mol. The predicted octanol–water partition coefficient (Wildman–Crippen LogP) is 4.53. The van der Waals surface area contributed by atoms with Crippen LogP contribution in [0.15, 0.2) is 67.3 Å². The molecule has 7 nitrogen and oxygen atoms in total. The van der Waals surface area contributed by atoms with Gasteiger partial charge in [0, 0.05) is 6.54 Å². The number of carbonyl (C=O) groups is 2. The first-order valence-corrected chi connectivity index (χ1v) is 11.0. The molecule has 0 unspecified atom stereocenters. The summed E-state index contributed by atoms with van der Waals surface area (Å²) in [7, 11) is 0. The largest absolute Gasteiger partial charge is 0.347 e. The lowest BCUT2D eigenvalue weighted by molar-refractivity contribution is 0.0953. The third kappa shape index (κ3) is 5.22. The lowest BCUT2D eigenvalue weighted by Crippen LogP contribution is -2.22. The zero-order chi connectivity index (χ0) is 22.5. The SMILES string of the molecule is Cc1cc(NC(=O)c2ccccc2Cl)sc1C(=O)NCc1cccc(Cn2cncn2)c1. The van der Waals surface area contributed by atoms with Gasteiger partial charge in [0.05, 0.1) is 27.0 Å². The minimum atomic E-state index is -0.312. The quantitative estimate of drug-likeness (QED) is 0.419. The number of amides is 2. The first kappa shape index (κ1) is 21.7. The molecule has 2 amide bonds. The zero-order valence-corrected chi connectivity index (χ0v) is 18.8. The van der Waals surface area contributed by atoms with Crippen LogP contribution in [0.25, 0.3) is 0 Å². The first-order chi connectivity index (χ1) is 15.5. The molecule has 32 heavy (non-hydrogen) atoms. The Bertz CT molecular complexity index is 1250. The summed E-state index contributed by atoms with van der Waals surface area (Å²) in [6.07, 6.45) is 3.16. The summed E-state index contributed by atoms with van der Waals surface area (Å²) in [5.41, 5.74) is 3.23. The van der Waals surface area contributed by atoms with Crippen molar-refractivity contribution >= 4 is 39.8 Å². The molecule has 0 atom stereocenters. The second-order valence-corrected chi connectivity index (χ2v) is 8.61. The minimum Gasteiger partial charge on any atom is -0.347 e. The number of nitrogens with one attached hydrogen (secondary N) is 2. The third-order valence-electron chi connectivity index (χ3n) is 4.73. The van der Waals surface area contributed by atoms with E-state index in [9.17, 15) is 9.59 Å². The summed E-state index contributed by atoms with van der Waals surface area (Å²) in [5.74, 6) is -0.500. The maximum absolute atomic E-state index is 12.7. The van der Waals surface area contributed by atoms with Gasteiger partial charge in [-0.2, -0.15) is 5.10 Å². The van der Waals surface area contributed by atoms with Crippen LogP contribution >= 0.6 is 22.9 Å². The van der Waals surface area contributed by atoms with Crippen LogP contribution in [0, 0.1) is 6.92 Å². The van der Waals surface area contributed by atoms with Crippen LogP contribution in [0.1, 0.15) is 36.7 Å². The van der Waals surface area contributed by atoms with Gasteiger partial charge in [0.2, 0.25) is 0 Å². The summed E-state index contributed by atoms with van der Waals surface area (Å²) < 4.78 is 1.74. The molecule has 0 saturated heterocycles. The Hall–Kier alpha value is -3.49. The van der Waals surface area contributed by atoms with Crippen LogP contribution in [-0.4, -0.2) is 26.6 Å². The number of benzene rings is 2. The van der Waals surface area contributed by atoms with Gasteiger partial charge in [0.25, 0.3) is 11.8 Å². The fourth-order valence-electron chi connectivity index (χ4n) is 3.20. The normalized spacial score (nSPS) is 10.7. The van der Waals surface area contributed by atoms with Gasteiger partial charge in [-0.3, -0.25) is 9.59 Å². The number of aryl methyl sites for hydroxylation is 1. The maximum Gasteiger partial charge on any atom is 0.261 e.